The van der Waals surface area contributed by atoms with Crippen LogP contribution in [0.2, 0.25) is 0 Å². The fraction of sp³-hybridized carbons (Fsp3) is 0.231. The minimum atomic E-state index is -4.77. The zero-order valence-electron chi connectivity index (χ0n) is 10.7. The SMILES string of the molecule is Cc1cccc(C)c1-n1c(=O)cc(C(F)(F)F)[nH]c1=O. The summed E-state index contributed by atoms with van der Waals surface area (Å²) in [5.41, 5.74) is -1.93. The van der Waals surface area contributed by atoms with Crippen LogP contribution >= 0.6 is 0 Å². The van der Waals surface area contributed by atoms with Crippen LogP contribution in [-0.4, -0.2) is 9.55 Å². The van der Waals surface area contributed by atoms with Gasteiger partial charge in [0, 0.05) is 6.07 Å². The minimum absolute atomic E-state index is 0.299. The van der Waals surface area contributed by atoms with Crippen molar-refractivity contribution in [3.05, 3.63) is 61.9 Å². The van der Waals surface area contributed by atoms with Crippen molar-refractivity contribution in [1.29, 1.82) is 0 Å². The lowest BCUT2D eigenvalue weighted by atomic mass is 10.1. The quantitative estimate of drug-likeness (QED) is 0.872. The second-order valence-corrected chi connectivity index (χ2v) is 4.40. The summed E-state index contributed by atoms with van der Waals surface area (Å²) in [6.45, 7) is 3.35. The molecule has 2 rings (SSSR count). The Balaban J connectivity index is 2.79. The summed E-state index contributed by atoms with van der Waals surface area (Å²) in [6, 6.07) is 5.46. The molecule has 1 N–H and O–H groups in total. The number of hydrogen-bond donors (Lipinski definition) is 1. The number of rotatable bonds is 1. The van der Waals surface area contributed by atoms with Gasteiger partial charge < -0.3 is 4.98 Å². The van der Waals surface area contributed by atoms with E-state index >= 15 is 0 Å². The zero-order valence-corrected chi connectivity index (χ0v) is 10.7. The van der Waals surface area contributed by atoms with Crippen molar-refractivity contribution in [1.82, 2.24) is 9.55 Å². The van der Waals surface area contributed by atoms with E-state index in [2.05, 4.69) is 0 Å². The molecule has 1 heterocycles. The van der Waals surface area contributed by atoms with Gasteiger partial charge in [0.25, 0.3) is 5.56 Å². The van der Waals surface area contributed by atoms with E-state index in [4.69, 9.17) is 0 Å². The Morgan fingerprint density at radius 1 is 1.10 bits per heavy atom. The summed E-state index contributed by atoms with van der Waals surface area (Å²) < 4.78 is 38.3. The minimum Gasteiger partial charge on any atom is -0.303 e. The van der Waals surface area contributed by atoms with Gasteiger partial charge in [0.05, 0.1) is 5.69 Å². The number of para-hydroxylation sites is 1. The van der Waals surface area contributed by atoms with Crippen LogP contribution in [0.25, 0.3) is 5.69 Å². The van der Waals surface area contributed by atoms with E-state index in [1.54, 1.807) is 37.0 Å². The van der Waals surface area contributed by atoms with E-state index in [-0.39, 0.29) is 0 Å². The van der Waals surface area contributed by atoms with E-state index in [0.717, 1.165) is 0 Å². The maximum atomic E-state index is 12.5. The van der Waals surface area contributed by atoms with E-state index in [9.17, 15) is 22.8 Å². The van der Waals surface area contributed by atoms with Gasteiger partial charge in [0.15, 0.2) is 0 Å². The highest BCUT2D eigenvalue weighted by Crippen LogP contribution is 2.25. The van der Waals surface area contributed by atoms with Gasteiger partial charge in [0.1, 0.15) is 5.69 Å². The summed E-state index contributed by atoms with van der Waals surface area (Å²) >= 11 is 0. The molecule has 7 heteroatoms. The van der Waals surface area contributed by atoms with Crippen molar-refractivity contribution in [2.45, 2.75) is 20.0 Å². The summed E-state index contributed by atoms with van der Waals surface area (Å²) in [6.07, 6.45) is -4.77. The Kier molecular flexibility index (Phi) is 3.29. The molecule has 0 saturated carbocycles. The van der Waals surface area contributed by atoms with Crippen LogP contribution in [0.4, 0.5) is 13.2 Å². The van der Waals surface area contributed by atoms with Gasteiger partial charge in [-0.3, -0.25) is 4.79 Å². The molecule has 0 atom stereocenters. The first-order valence-electron chi connectivity index (χ1n) is 5.72. The number of nitrogens with zero attached hydrogens (tertiary/aromatic N) is 1. The standard InChI is InChI=1S/C13H11F3N2O2/c1-7-4-3-5-8(2)11(7)18-10(19)6-9(13(14,15)16)17-12(18)20/h3-6H,1-2H3,(H,17,20). The van der Waals surface area contributed by atoms with Crippen molar-refractivity contribution in [3.63, 3.8) is 0 Å². The van der Waals surface area contributed by atoms with Crippen LogP contribution in [0, 0.1) is 13.8 Å². The zero-order chi connectivity index (χ0) is 15.1. The van der Waals surface area contributed by atoms with Gasteiger partial charge >= 0.3 is 11.9 Å². The predicted octanol–water partition coefficient (Wildman–Crippen LogP) is 2.16. The molecule has 0 aliphatic carbocycles. The molecule has 0 aliphatic heterocycles. The topological polar surface area (TPSA) is 54.9 Å². The van der Waals surface area contributed by atoms with Crippen LogP contribution < -0.4 is 11.2 Å². The molecule has 0 saturated heterocycles. The second kappa shape index (κ2) is 4.66. The molecule has 1 aromatic carbocycles. The monoisotopic (exact) mass is 284 g/mol. The summed E-state index contributed by atoms with van der Waals surface area (Å²) in [5, 5.41) is 0. The van der Waals surface area contributed by atoms with Gasteiger partial charge in [-0.05, 0) is 25.0 Å². The van der Waals surface area contributed by atoms with Crippen molar-refractivity contribution < 1.29 is 13.2 Å². The smallest absolute Gasteiger partial charge is 0.303 e. The molecule has 4 nitrogen and oxygen atoms in total. The lowest BCUT2D eigenvalue weighted by Crippen LogP contribution is -2.36. The highest BCUT2D eigenvalue weighted by atomic mass is 19.4. The van der Waals surface area contributed by atoms with Crippen molar-refractivity contribution in [3.8, 4) is 5.69 Å². The maximum absolute atomic E-state index is 12.5. The molecule has 0 radical (unpaired) electrons. The highest BCUT2D eigenvalue weighted by molar-refractivity contribution is 5.46. The van der Waals surface area contributed by atoms with Crippen molar-refractivity contribution in [2.24, 2.45) is 0 Å². The molecular formula is C13H11F3N2O2. The normalized spacial score (nSPS) is 11.7. The Morgan fingerprint density at radius 3 is 2.10 bits per heavy atom. The lowest BCUT2D eigenvalue weighted by molar-refractivity contribution is -0.141. The van der Waals surface area contributed by atoms with Crippen molar-refractivity contribution in [2.75, 3.05) is 0 Å². The first-order valence-corrected chi connectivity index (χ1v) is 5.72. The predicted molar refractivity (Wildman–Crippen MR) is 67.1 cm³/mol. The third-order valence-electron chi connectivity index (χ3n) is 2.90. The largest absolute Gasteiger partial charge is 0.431 e. The number of aromatic nitrogens is 2. The Morgan fingerprint density at radius 2 is 1.65 bits per heavy atom. The summed E-state index contributed by atoms with van der Waals surface area (Å²) in [5.74, 6) is 0. The number of nitrogens with one attached hydrogen (secondary N) is 1. The van der Waals surface area contributed by atoms with Gasteiger partial charge in [-0.25, -0.2) is 9.36 Å². The number of alkyl halides is 3. The van der Waals surface area contributed by atoms with E-state index < -0.39 is 23.1 Å². The van der Waals surface area contributed by atoms with Gasteiger partial charge in [-0.15, -0.1) is 0 Å². The third kappa shape index (κ3) is 2.38. The summed E-state index contributed by atoms with van der Waals surface area (Å²) in [4.78, 5) is 25.4. The highest BCUT2D eigenvalue weighted by Gasteiger charge is 2.33. The molecule has 0 aliphatic rings. The van der Waals surface area contributed by atoms with Crippen LogP contribution in [0.5, 0.6) is 0 Å². The van der Waals surface area contributed by atoms with Crippen LogP contribution in [0.1, 0.15) is 16.8 Å². The molecule has 0 bridgehead atoms. The van der Waals surface area contributed by atoms with E-state index in [1.165, 1.54) is 0 Å². The molecule has 0 unspecified atom stereocenters. The fourth-order valence-corrected chi connectivity index (χ4v) is 2.02. The fourth-order valence-electron chi connectivity index (χ4n) is 2.02. The molecule has 0 spiro atoms. The van der Waals surface area contributed by atoms with Crippen LogP contribution in [-0.2, 0) is 6.18 Å². The van der Waals surface area contributed by atoms with Crippen LogP contribution in [0.15, 0.2) is 33.9 Å². The number of aryl methyl sites for hydroxylation is 2. The first-order chi connectivity index (χ1) is 9.21. The lowest BCUT2D eigenvalue weighted by Gasteiger charge is -2.12. The summed E-state index contributed by atoms with van der Waals surface area (Å²) in [7, 11) is 0. The van der Waals surface area contributed by atoms with E-state index in [0.29, 0.717) is 27.4 Å². The number of hydrogen-bond acceptors (Lipinski definition) is 2. The van der Waals surface area contributed by atoms with E-state index in [1.807, 2.05) is 0 Å². The van der Waals surface area contributed by atoms with Gasteiger partial charge in [-0.1, -0.05) is 18.2 Å². The Bertz CT molecular complexity index is 721. The maximum Gasteiger partial charge on any atom is 0.431 e. The molecular weight excluding hydrogens is 273 g/mol. The number of aromatic amines is 1. The number of H-pyrrole nitrogens is 1. The van der Waals surface area contributed by atoms with Gasteiger partial charge in [0.2, 0.25) is 0 Å². The van der Waals surface area contributed by atoms with Gasteiger partial charge in [-0.2, -0.15) is 13.2 Å². The molecule has 106 valence electrons. The molecule has 20 heavy (non-hydrogen) atoms. The average molecular weight is 284 g/mol. The van der Waals surface area contributed by atoms with Crippen molar-refractivity contribution >= 4 is 0 Å². The first kappa shape index (κ1) is 14.1. The number of halogens is 3. The average Bonchev–Trinajstić information content (AvgIpc) is 2.30. The second-order valence-electron chi connectivity index (χ2n) is 4.40. The molecule has 0 fully saturated rings. The Hall–Kier alpha value is -2.31. The molecule has 1 aromatic heterocycles. The molecule has 0 amide bonds. The van der Waals surface area contributed by atoms with Crippen LogP contribution in [0.3, 0.4) is 0 Å². The molecule has 2 aromatic rings. The third-order valence-corrected chi connectivity index (χ3v) is 2.90. The Labute approximate surface area is 111 Å². The number of benzene rings is 1.